The Labute approximate surface area is 126 Å². The molecule has 1 N–H and O–H groups in total. The topological polar surface area (TPSA) is 40.5 Å². The van der Waals surface area contributed by atoms with Crippen molar-refractivity contribution in [2.45, 2.75) is 37.8 Å². The van der Waals surface area contributed by atoms with Gasteiger partial charge in [0.15, 0.2) is 0 Å². The number of aliphatic hydroxyl groups excluding tert-OH is 1. The van der Waals surface area contributed by atoms with Gasteiger partial charge in [-0.05, 0) is 40.9 Å². The van der Waals surface area contributed by atoms with Crippen LogP contribution in [0, 0.1) is 0 Å². The highest BCUT2D eigenvalue weighted by molar-refractivity contribution is 9.10. The van der Waals surface area contributed by atoms with Crippen molar-refractivity contribution in [3.8, 4) is 0 Å². The lowest BCUT2D eigenvalue weighted by Crippen LogP contribution is -2.46. The summed E-state index contributed by atoms with van der Waals surface area (Å²) in [5, 5.41) is 10.4. The normalized spacial score (nSPS) is 23.2. The molecule has 5 heteroatoms. The molecule has 2 atom stereocenters. The lowest BCUT2D eigenvalue weighted by molar-refractivity contribution is 0.0268. The quantitative estimate of drug-likeness (QED) is 0.890. The van der Waals surface area contributed by atoms with Gasteiger partial charge >= 0.3 is 0 Å². The summed E-state index contributed by atoms with van der Waals surface area (Å²) in [7, 11) is 1.73. The summed E-state index contributed by atoms with van der Waals surface area (Å²) in [5.41, 5.74) is 0.469. The van der Waals surface area contributed by atoms with Gasteiger partial charge in [0.2, 0.25) is 0 Å². The van der Waals surface area contributed by atoms with E-state index in [1.807, 2.05) is 0 Å². The molecule has 2 unspecified atom stereocenters. The van der Waals surface area contributed by atoms with Crippen LogP contribution in [0.2, 0.25) is 5.02 Å². The molecule has 1 aliphatic rings. The van der Waals surface area contributed by atoms with E-state index in [2.05, 4.69) is 15.9 Å². The highest BCUT2D eigenvalue weighted by Gasteiger charge is 2.30. The molecular weight excluding hydrogens is 330 g/mol. The van der Waals surface area contributed by atoms with Crippen LogP contribution in [-0.4, -0.2) is 35.1 Å². The first-order valence-corrected chi connectivity index (χ1v) is 7.58. The van der Waals surface area contributed by atoms with Gasteiger partial charge in [0.25, 0.3) is 5.91 Å². The van der Waals surface area contributed by atoms with Crippen molar-refractivity contribution in [1.29, 1.82) is 0 Å². The van der Waals surface area contributed by atoms with Crippen molar-refractivity contribution in [3.63, 3.8) is 0 Å². The molecule has 0 aromatic heterocycles. The number of hydrogen-bond acceptors (Lipinski definition) is 2. The number of aliphatic hydroxyl groups is 1. The zero-order chi connectivity index (χ0) is 14.0. The SMILES string of the molecule is CN(C(=O)c1cccc(Br)c1Cl)C1CCCCC1O. The van der Waals surface area contributed by atoms with Crippen LogP contribution in [0.3, 0.4) is 0 Å². The van der Waals surface area contributed by atoms with Crippen molar-refractivity contribution in [1.82, 2.24) is 4.90 Å². The Balaban J connectivity index is 2.21. The third-order valence-electron chi connectivity index (χ3n) is 3.69. The number of carbonyl (C=O) groups is 1. The van der Waals surface area contributed by atoms with Gasteiger partial charge in [-0.25, -0.2) is 0 Å². The third kappa shape index (κ3) is 3.12. The number of nitrogens with zero attached hydrogens (tertiary/aromatic N) is 1. The first kappa shape index (κ1) is 14.8. The van der Waals surface area contributed by atoms with E-state index >= 15 is 0 Å². The number of benzene rings is 1. The summed E-state index contributed by atoms with van der Waals surface area (Å²) in [6.45, 7) is 0. The van der Waals surface area contributed by atoms with Gasteiger partial charge in [-0.1, -0.05) is 30.5 Å². The largest absolute Gasteiger partial charge is 0.391 e. The second-order valence-electron chi connectivity index (χ2n) is 4.94. The fraction of sp³-hybridized carbons (Fsp3) is 0.500. The fourth-order valence-corrected chi connectivity index (χ4v) is 3.13. The number of amides is 1. The summed E-state index contributed by atoms with van der Waals surface area (Å²) in [6.07, 6.45) is 3.24. The summed E-state index contributed by atoms with van der Waals surface area (Å²) in [6, 6.07) is 5.18. The molecule has 0 heterocycles. The zero-order valence-electron chi connectivity index (χ0n) is 10.8. The molecule has 19 heavy (non-hydrogen) atoms. The molecule has 1 aromatic rings. The van der Waals surface area contributed by atoms with E-state index in [1.54, 1.807) is 30.1 Å². The monoisotopic (exact) mass is 345 g/mol. The lowest BCUT2D eigenvalue weighted by atomic mass is 9.91. The van der Waals surface area contributed by atoms with Crippen molar-refractivity contribution < 1.29 is 9.90 Å². The Kier molecular flexibility index (Phi) is 4.87. The number of halogens is 2. The number of hydrogen-bond donors (Lipinski definition) is 1. The van der Waals surface area contributed by atoms with Gasteiger partial charge in [0.1, 0.15) is 0 Å². The molecule has 0 saturated heterocycles. The Morgan fingerprint density at radius 1 is 1.42 bits per heavy atom. The van der Waals surface area contributed by atoms with Crippen molar-refractivity contribution >= 4 is 33.4 Å². The molecule has 0 spiro atoms. The average molecular weight is 347 g/mol. The molecule has 1 amide bonds. The predicted octanol–water partition coefficient (Wildman–Crippen LogP) is 3.48. The van der Waals surface area contributed by atoms with Gasteiger partial charge in [0.05, 0.1) is 22.7 Å². The summed E-state index contributed by atoms with van der Waals surface area (Å²) in [5.74, 6) is -0.141. The second-order valence-corrected chi connectivity index (χ2v) is 6.17. The molecule has 1 aromatic carbocycles. The molecule has 0 aliphatic heterocycles. The standard InChI is InChI=1S/C14H17BrClNO2/c1-17(11-7-2-3-8-12(11)18)14(19)9-5-4-6-10(15)13(9)16/h4-6,11-12,18H,2-3,7-8H2,1H3. The average Bonchev–Trinajstić information content (AvgIpc) is 2.41. The Hall–Kier alpha value is -0.580. The van der Waals surface area contributed by atoms with E-state index in [1.165, 1.54) is 0 Å². The van der Waals surface area contributed by atoms with Crippen LogP contribution in [0.5, 0.6) is 0 Å². The highest BCUT2D eigenvalue weighted by atomic mass is 79.9. The first-order chi connectivity index (χ1) is 9.02. The fourth-order valence-electron chi connectivity index (χ4n) is 2.55. The van der Waals surface area contributed by atoms with E-state index in [4.69, 9.17) is 11.6 Å². The summed E-state index contributed by atoms with van der Waals surface area (Å²) in [4.78, 5) is 14.1. The Morgan fingerprint density at radius 3 is 2.79 bits per heavy atom. The van der Waals surface area contributed by atoms with Gasteiger partial charge in [-0.3, -0.25) is 4.79 Å². The number of carbonyl (C=O) groups excluding carboxylic acids is 1. The molecular formula is C14H17BrClNO2. The van der Waals surface area contributed by atoms with E-state index in [0.29, 0.717) is 15.1 Å². The lowest BCUT2D eigenvalue weighted by Gasteiger charge is -2.35. The van der Waals surface area contributed by atoms with Crippen LogP contribution in [0.25, 0.3) is 0 Å². The maximum absolute atomic E-state index is 12.5. The van der Waals surface area contributed by atoms with Gasteiger partial charge in [-0.2, -0.15) is 0 Å². The number of likely N-dealkylation sites (N-methyl/N-ethyl adjacent to an activating group) is 1. The van der Waals surface area contributed by atoms with Crippen LogP contribution >= 0.6 is 27.5 Å². The summed E-state index contributed by atoms with van der Waals surface area (Å²) < 4.78 is 0.706. The van der Waals surface area contributed by atoms with Gasteiger partial charge in [-0.15, -0.1) is 0 Å². The van der Waals surface area contributed by atoms with Crippen LogP contribution in [0.4, 0.5) is 0 Å². The Morgan fingerprint density at radius 2 is 2.11 bits per heavy atom. The van der Waals surface area contributed by atoms with Crippen LogP contribution in [0.15, 0.2) is 22.7 Å². The van der Waals surface area contributed by atoms with E-state index in [9.17, 15) is 9.90 Å². The minimum Gasteiger partial charge on any atom is -0.391 e. The van der Waals surface area contributed by atoms with Crippen LogP contribution in [0.1, 0.15) is 36.0 Å². The molecule has 104 valence electrons. The second kappa shape index (κ2) is 6.25. The van der Waals surface area contributed by atoms with E-state index < -0.39 is 6.10 Å². The highest BCUT2D eigenvalue weighted by Crippen LogP contribution is 2.29. The Bertz CT molecular complexity index is 481. The smallest absolute Gasteiger partial charge is 0.255 e. The maximum Gasteiger partial charge on any atom is 0.255 e. The summed E-state index contributed by atoms with van der Waals surface area (Å²) >= 11 is 9.47. The van der Waals surface area contributed by atoms with Crippen molar-refractivity contribution in [2.75, 3.05) is 7.05 Å². The van der Waals surface area contributed by atoms with Crippen molar-refractivity contribution in [3.05, 3.63) is 33.3 Å². The molecule has 2 rings (SSSR count). The minimum absolute atomic E-state index is 0.115. The molecule has 0 radical (unpaired) electrons. The first-order valence-electron chi connectivity index (χ1n) is 6.41. The third-order valence-corrected chi connectivity index (χ3v) is 4.99. The molecule has 1 fully saturated rings. The molecule has 0 bridgehead atoms. The van der Waals surface area contributed by atoms with E-state index in [-0.39, 0.29) is 11.9 Å². The van der Waals surface area contributed by atoms with E-state index in [0.717, 1.165) is 25.7 Å². The maximum atomic E-state index is 12.5. The molecule has 3 nitrogen and oxygen atoms in total. The van der Waals surface area contributed by atoms with Gasteiger partial charge < -0.3 is 10.0 Å². The molecule has 1 saturated carbocycles. The zero-order valence-corrected chi connectivity index (χ0v) is 13.1. The molecule has 1 aliphatic carbocycles. The minimum atomic E-state index is -0.436. The van der Waals surface area contributed by atoms with Crippen LogP contribution in [-0.2, 0) is 0 Å². The van der Waals surface area contributed by atoms with Crippen molar-refractivity contribution in [2.24, 2.45) is 0 Å². The predicted molar refractivity (Wildman–Crippen MR) is 79.5 cm³/mol. The van der Waals surface area contributed by atoms with Gasteiger partial charge in [0, 0.05) is 11.5 Å². The van der Waals surface area contributed by atoms with Crippen LogP contribution < -0.4 is 0 Å². The number of rotatable bonds is 2.